The summed E-state index contributed by atoms with van der Waals surface area (Å²) in [5.41, 5.74) is 2.07. The number of hydrogen-bond acceptors (Lipinski definition) is 6. The third-order valence-electron chi connectivity index (χ3n) is 7.87. The summed E-state index contributed by atoms with van der Waals surface area (Å²) >= 11 is 0. The first-order valence-electron chi connectivity index (χ1n) is 19.5. The highest BCUT2D eigenvalue weighted by Gasteiger charge is 2.22. The number of benzene rings is 1. The zero-order valence-electron chi connectivity index (χ0n) is 34.9. The van der Waals surface area contributed by atoms with Gasteiger partial charge in [-0.05, 0) is 77.2 Å². The van der Waals surface area contributed by atoms with Crippen molar-refractivity contribution in [2.75, 3.05) is 20.8 Å². The molecule has 1 aromatic carbocycles. The van der Waals surface area contributed by atoms with Gasteiger partial charge >= 0.3 is 5.97 Å². The van der Waals surface area contributed by atoms with E-state index in [1.807, 2.05) is 52.0 Å². The van der Waals surface area contributed by atoms with Gasteiger partial charge in [-0.3, -0.25) is 19.2 Å². The van der Waals surface area contributed by atoms with Crippen LogP contribution in [0, 0.1) is 11.8 Å². The van der Waals surface area contributed by atoms with Crippen molar-refractivity contribution in [3.63, 3.8) is 0 Å². The van der Waals surface area contributed by atoms with Gasteiger partial charge in [-0.25, -0.2) is 0 Å². The number of hydrogen-bond donors (Lipinski definition) is 0. The van der Waals surface area contributed by atoms with E-state index >= 15 is 0 Å². The van der Waals surface area contributed by atoms with E-state index in [4.69, 9.17) is 0 Å². The lowest BCUT2D eigenvalue weighted by molar-refractivity contribution is -0.140. The molecule has 0 heterocycles. The number of methoxy groups -OCH3 is 2. The fourth-order valence-electron chi connectivity index (χ4n) is 4.07. The smallest absolute Gasteiger partial charge is 0.305 e. The first-order chi connectivity index (χ1) is 23.3. The lowest BCUT2D eigenvalue weighted by Gasteiger charge is -2.25. The van der Waals surface area contributed by atoms with E-state index in [2.05, 4.69) is 51.0 Å². The molecule has 0 spiro atoms. The molecule has 0 N–H and O–H groups in total. The highest BCUT2D eigenvalue weighted by Crippen LogP contribution is 2.30. The van der Waals surface area contributed by atoms with Crippen molar-refractivity contribution in [2.45, 2.75) is 186 Å². The van der Waals surface area contributed by atoms with Gasteiger partial charge in [0.2, 0.25) is 0 Å². The average Bonchev–Trinajstić information content (AvgIpc) is 3.13. The predicted molar refractivity (Wildman–Crippen MR) is 213 cm³/mol. The highest BCUT2D eigenvalue weighted by atomic mass is 16.5. The van der Waals surface area contributed by atoms with Crippen LogP contribution in [0.2, 0.25) is 0 Å². The van der Waals surface area contributed by atoms with E-state index in [0.717, 1.165) is 56.6 Å². The molecular weight excluding hydrogens is 612 g/mol. The topological polar surface area (TPSA) is 86.7 Å². The molecule has 0 aliphatic heterocycles. The molecule has 2 rings (SSSR count). The van der Waals surface area contributed by atoms with Crippen molar-refractivity contribution in [1.29, 1.82) is 0 Å². The van der Waals surface area contributed by atoms with E-state index in [-0.39, 0.29) is 11.8 Å². The molecule has 0 amide bonds. The Morgan fingerprint density at radius 1 is 0.653 bits per heavy atom. The molecule has 0 unspecified atom stereocenters. The van der Waals surface area contributed by atoms with Gasteiger partial charge in [0, 0.05) is 44.5 Å². The number of carbonyl (C=O) groups is 4. The molecule has 0 saturated heterocycles. The summed E-state index contributed by atoms with van der Waals surface area (Å²) in [6, 6.07) is 7.75. The summed E-state index contributed by atoms with van der Waals surface area (Å²) < 4.78 is 8.89. The normalized spacial score (nSPS) is 13.8. The zero-order chi connectivity index (χ0) is 38.9. The fraction of sp³-hybridized carbons (Fsp3) is 0.767. The van der Waals surface area contributed by atoms with Crippen molar-refractivity contribution in [3.05, 3.63) is 35.4 Å². The van der Waals surface area contributed by atoms with Crippen LogP contribution in [0.1, 0.15) is 195 Å². The summed E-state index contributed by atoms with van der Waals surface area (Å²) in [6.07, 6.45) is 17.7. The third-order valence-corrected chi connectivity index (χ3v) is 7.87. The maximum Gasteiger partial charge on any atom is 0.305 e. The van der Waals surface area contributed by atoms with Gasteiger partial charge in [-0.1, -0.05) is 125 Å². The van der Waals surface area contributed by atoms with Crippen LogP contribution in [0.15, 0.2) is 24.3 Å². The van der Waals surface area contributed by atoms with Crippen LogP contribution in [0.5, 0.6) is 0 Å². The van der Waals surface area contributed by atoms with Crippen molar-refractivity contribution >= 4 is 23.3 Å². The molecule has 1 fully saturated rings. The molecule has 1 aliphatic carbocycles. The second kappa shape index (κ2) is 45.7. The van der Waals surface area contributed by atoms with Crippen molar-refractivity contribution in [1.82, 2.24) is 0 Å². The van der Waals surface area contributed by atoms with E-state index in [0.29, 0.717) is 30.3 Å². The first kappa shape index (κ1) is 56.1. The predicted octanol–water partition coefficient (Wildman–Crippen LogP) is 12.6. The van der Waals surface area contributed by atoms with Gasteiger partial charge in [0.15, 0.2) is 5.78 Å². The zero-order valence-corrected chi connectivity index (χ0v) is 34.9. The maximum absolute atomic E-state index is 11.0. The average molecular weight is 695 g/mol. The lowest BCUT2D eigenvalue weighted by Crippen LogP contribution is -2.19. The Bertz CT molecular complexity index is 810. The fourth-order valence-corrected chi connectivity index (χ4v) is 4.07. The first-order valence-corrected chi connectivity index (χ1v) is 19.5. The molecule has 6 heteroatoms. The molecule has 0 radical (unpaired) electrons. The summed E-state index contributed by atoms with van der Waals surface area (Å²) in [4.78, 5) is 42.4. The van der Waals surface area contributed by atoms with Crippen LogP contribution >= 0.6 is 0 Å². The number of rotatable bonds is 13. The SMILES string of the molecule is CCC1CCC(C(C)=O)CC1.CCCC.CCCC(=O)CC.CCCC(=O)OC.CCCCC.CCOC.CCc1ccc(C(C)=O)cc1. The van der Waals surface area contributed by atoms with E-state index in [1.165, 1.54) is 64.0 Å². The summed E-state index contributed by atoms with van der Waals surface area (Å²) in [5, 5.41) is 0. The van der Waals surface area contributed by atoms with E-state index < -0.39 is 0 Å². The molecule has 1 aromatic rings. The number of carbonyl (C=O) groups excluding carboxylic acids is 4. The highest BCUT2D eigenvalue weighted by molar-refractivity contribution is 5.94. The minimum atomic E-state index is -0.123. The van der Waals surface area contributed by atoms with Crippen LogP contribution in [0.25, 0.3) is 0 Å². The van der Waals surface area contributed by atoms with Gasteiger partial charge in [-0.15, -0.1) is 0 Å². The lowest BCUT2D eigenvalue weighted by atomic mass is 9.79. The Balaban J connectivity index is -0.000000160. The Morgan fingerprint density at radius 2 is 1.12 bits per heavy atom. The maximum atomic E-state index is 11.0. The number of unbranched alkanes of at least 4 members (excludes halogenated alkanes) is 3. The van der Waals surface area contributed by atoms with Gasteiger partial charge in [-0.2, -0.15) is 0 Å². The van der Waals surface area contributed by atoms with Crippen LogP contribution in [0.4, 0.5) is 0 Å². The molecule has 6 nitrogen and oxygen atoms in total. The Hall–Kier alpha value is -2.34. The van der Waals surface area contributed by atoms with Crippen molar-refractivity contribution in [3.8, 4) is 0 Å². The minimum Gasteiger partial charge on any atom is -0.469 e. The third kappa shape index (κ3) is 45.7. The van der Waals surface area contributed by atoms with Crippen LogP contribution in [-0.4, -0.2) is 44.1 Å². The van der Waals surface area contributed by atoms with Crippen molar-refractivity contribution in [2.24, 2.45) is 11.8 Å². The van der Waals surface area contributed by atoms with Crippen molar-refractivity contribution < 1.29 is 28.7 Å². The van der Waals surface area contributed by atoms with Gasteiger partial charge < -0.3 is 9.47 Å². The minimum absolute atomic E-state index is 0.123. The number of esters is 1. The molecule has 1 saturated carbocycles. The number of ketones is 3. The molecule has 49 heavy (non-hydrogen) atoms. The Morgan fingerprint density at radius 3 is 1.33 bits per heavy atom. The number of Topliss-reactive ketones (excluding diaryl/α,β-unsaturated/α-hetero) is 3. The summed E-state index contributed by atoms with van der Waals surface area (Å²) in [7, 11) is 3.08. The monoisotopic (exact) mass is 695 g/mol. The summed E-state index contributed by atoms with van der Waals surface area (Å²) in [5.74, 6) is 2.10. The molecule has 290 valence electrons. The standard InChI is InChI=1S/C10H18O.C10H12O.C6H12O.C5H10O2.C5H12.C4H10.C3H8O/c2*1-3-9-4-6-10(7-5-9)8(2)11;1-3-5-6(7)4-2;1-3-4-5(6)7-2;1-3-5-4-2;2*1-3-4-2/h9-10H,3-7H2,1-2H3;4-7H,3H2,1-2H3;3-5H2,1-2H3;3-4H2,1-2H3;3-5H2,1-2H3;3-4H2,1-2H3;3H2,1-2H3. The molecule has 0 aromatic heterocycles. The Kier molecular flexibility index (Phi) is 52.2. The molecule has 0 bridgehead atoms. The summed E-state index contributed by atoms with van der Waals surface area (Å²) in [6.45, 7) is 25.1. The second-order valence-corrected chi connectivity index (χ2v) is 12.2. The quantitative estimate of drug-likeness (QED) is 0.151. The number of ether oxygens (including phenoxy) is 2. The molecular formula is C43H82O6. The number of aryl methyl sites for hydroxylation is 1. The Labute approximate surface area is 305 Å². The van der Waals surface area contributed by atoms with E-state index in [1.54, 1.807) is 21.0 Å². The molecule has 1 aliphatic rings. The van der Waals surface area contributed by atoms with Gasteiger partial charge in [0.25, 0.3) is 0 Å². The second-order valence-electron chi connectivity index (χ2n) is 12.2. The van der Waals surface area contributed by atoms with E-state index in [9.17, 15) is 19.2 Å². The van der Waals surface area contributed by atoms with Gasteiger partial charge in [0.05, 0.1) is 7.11 Å². The van der Waals surface area contributed by atoms with Crippen LogP contribution in [-0.2, 0) is 30.3 Å². The van der Waals surface area contributed by atoms with Gasteiger partial charge in [0.1, 0.15) is 11.6 Å². The largest absolute Gasteiger partial charge is 0.469 e. The van der Waals surface area contributed by atoms with Crippen LogP contribution < -0.4 is 0 Å². The molecule has 0 atom stereocenters. The van der Waals surface area contributed by atoms with Crippen LogP contribution in [0.3, 0.4) is 0 Å².